The van der Waals surface area contributed by atoms with Crippen molar-refractivity contribution in [2.24, 2.45) is 0 Å². The smallest absolute Gasteiger partial charge is 0.129 e. The zero-order valence-corrected chi connectivity index (χ0v) is 11.1. The Bertz CT molecular complexity index is 423. The maximum atomic E-state index is 5.65. The molecule has 0 heterocycles. The molecule has 1 aromatic carbocycles. The van der Waals surface area contributed by atoms with E-state index < -0.39 is 0 Å². The number of ether oxygens (including phenoxy) is 2. The first-order chi connectivity index (χ1) is 7.58. The molecule has 0 N–H and O–H groups in total. The third-order valence-electron chi connectivity index (χ3n) is 2.87. The summed E-state index contributed by atoms with van der Waals surface area (Å²) in [5.41, 5.74) is 5.68. The lowest BCUT2D eigenvalue weighted by Gasteiger charge is -2.18. The van der Waals surface area contributed by atoms with E-state index >= 15 is 0 Å². The van der Waals surface area contributed by atoms with Crippen LogP contribution >= 0.6 is 11.6 Å². The third-order valence-corrected chi connectivity index (χ3v) is 3.00. The molecule has 0 amide bonds. The first-order valence-electron chi connectivity index (χ1n) is 5.06. The summed E-state index contributed by atoms with van der Waals surface area (Å²) in [5, 5.41) is 0. The second-order valence-electron chi connectivity index (χ2n) is 3.65. The van der Waals surface area contributed by atoms with E-state index in [1.807, 2.05) is 26.8 Å². The molecule has 1 aromatic rings. The van der Waals surface area contributed by atoms with Gasteiger partial charge in [-0.05, 0) is 38.0 Å². The van der Waals surface area contributed by atoms with Crippen molar-refractivity contribution < 1.29 is 9.47 Å². The summed E-state index contributed by atoms with van der Waals surface area (Å²) >= 11 is 5.65. The van der Waals surface area contributed by atoms with Crippen LogP contribution in [0.5, 0.6) is 11.5 Å². The molecule has 0 spiro atoms. The third kappa shape index (κ3) is 2.03. The molecule has 0 atom stereocenters. The standard InChI is InChI=1S/C13H17ClO2/c1-8-9(2)13(16-5)11(6-7-14)10(3)12(8)15-4/h6-7H,1-5H3/b7-6+. The minimum Gasteiger partial charge on any atom is -0.496 e. The van der Waals surface area contributed by atoms with Gasteiger partial charge in [0, 0.05) is 16.7 Å². The second kappa shape index (κ2) is 5.26. The lowest BCUT2D eigenvalue weighted by Crippen LogP contribution is -2.01. The van der Waals surface area contributed by atoms with Crippen LogP contribution in [-0.4, -0.2) is 14.2 Å². The highest BCUT2D eigenvalue weighted by Gasteiger charge is 2.16. The number of benzene rings is 1. The highest BCUT2D eigenvalue weighted by atomic mass is 35.5. The normalized spacial score (nSPS) is 10.9. The minimum absolute atomic E-state index is 0.854. The number of hydrogen-bond donors (Lipinski definition) is 0. The van der Waals surface area contributed by atoms with Crippen molar-refractivity contribution in [3.05, 3.63) is 27.8 Å². The highest BCUT2D eigenvalue weighted by molar-refractivity contribution is 6.27. The summed E-state index contributed by atoms with van der Waals surface area (Å²) in [5.74, 6) is 1.75. The molecule has 0 fully saturated rings. The van der Waals surface area contributed by atoms with E-state index in [4.69, 9.17) is 21.1 Å². The highest BCUT2D eigenvalue weighted by Crippen LogP contribution is 2.38. The Kier molecular flexibility index (Phi) is 4.25. The zero-order valence-electron chi connectivity index (χ0n) is 10.3. The van der Waals surface area contributed by atoms with Crippen molar-refractivity contribution in [2.75, 3.05) is 14.2 Å². The quantitative estimate of drug-likeness (QED) is 0.799. The molecule has 2 nitrogen and oxygen atoms in total. The van der Waals surface area contributed by atoms with Crippen molar-refractivity contribution in [3.8, 4) is 11.5 Å². The fourth-order valence-electron chi connectivity index (χ4n) is 1.95. The summed E-state index contributed by atoms with van der Waals surface area (Å²) in [6.07, 6.45) is 1.82. The van der Waals surface area contributed by atoms with Crippen molar-refractivity contribution in [2.45, 2.75) is 20.8 Å². The SMILES string of the molecule is COc1c(C)c(C)c(OC)c(/C=C/Cl)c1C. The van der Waals surface area contributed by atoms with Gasteiger partial charge in [-0.2, -0.15) is 0 Å². The van der Waals surface area contributed by atoms with Crippen LogP contribution in [0.4, 0.5) is 0 Å². The predicted octanol–water partition coefficient (Wildman–Crippen LogP) is 3.84. The van der Waals surface area contributed by atoms with Gasteiger partial charge in [0.15, 0.2) is 0 Å². The topological polar surface area (TPSA) is 18.5 Å². The maximum Gasteiger partial charge on any atom is 0.129 e. The average Bonchev–Trinajstić information content (AvgIpc) is 2.27. The van der Waals surface area contributed by atoms with Crippen LogP contribution < -0.4 is 9.47 Å². The van der Waals surface area contributed by atoms with E-state index in [1.165, 1.54) is 5.54 Å². The van der Waals surface area contributed by atoms with E-state index in [0.29, 0.717) is 0 Å². The lowest BCUT2D eigenvalue weighted by atomic mass is 9.97. The molecule has 0 saturated heterocycles. The summed E-state index contributed by atoms with van der Waals surface area (Å²) in [7, 11) is 3.34. The molecule has 0 unspecified atom stereocenters. The Morgan fingerprint density at radius 2 is 1.38 bits per heavy atom. The van der Waals surface area contributed by atoms with Crippen molar-refractivity contribution in [1.29, 1.82) is 0 Å². The molecule has 0 aliphatic rings. The fraction of sp³-hybridized carbons (Fsp3) is 0.385. The van der Waals surface area contributed by atoms with Gasteiger partial charge in [-0.1, -0.05) is 11.6 Å². The van der Waals surface area contributed by atoms with Gasteiger partial charge in [0.25, 0.3) is 0 Å². The molecule has 3 heteroatoms. The zero-order chi connectivity index (χ0) is 12.3. The molecule has 88 valence electrons. The largest absolute Gasteiger partial charge is 0.496 e. The van der Waals surface area contributed by atoms with Crippen LogP contribution in [0, 0.1) is 20.8 Å². The van der Waals surface area contributed by atoms with Crippen LogP contribution in [-0.2, 0) is 0 Å². The minimum atomic E-state index is 0.854. The van der Waals surface area contributed by atoms with E-state index in [9.17, 15) is 0 Å². The Balaban J connectivity index is 3.63. The van der Waals surface area contributed by atoms with Crippen LogP contribution in [0.2, 0.25) is 0 Å². The van der Waals surface area contributed by atoms with Crippen molar-refractivity contribution in [3.63, 3.8) is 0 Å². The Hall–Kier alpha value is -1.15. The molecule has 0 radical (unpaired) electrons. The van der Waals surface area contributed by atoms with E-state index in [-0.39, 0.29) is 0 Å². The lowest BCUT2D eigenvalue weighted by molar-refractivity contribution is 0.394. The van der Waals surface area contributed by atoms with Crippen LogP contribution in [0.15, 0.2) is 5.54 Å². The molecular formula is C13H17ClO2. The van der Waals surface area contributed by atoms with Crippen LogP contribution in [0.25, 0.3) is 6.08 Å². The van der Waals surface area contributed by atoms with E-state index in [0.717, 1.165) is 33.8 Å². The summed E-state index contributed by atoms with van der Waals surface area (Å²) < 4.78 is 10.8. The van der Waals surface area contributed by atoms with Gasteiger partial charge in [-0.15, -0.1) is 0 Å². The van der Waals surface area contributed by atoms with Gasteiger partial charge in [-0.25, -0.2) is 0 Å². The Morgan fingerprint density at radius 3 is 1.81 bits per heavy atom. The summed E-state index contributed by atoms with van der Waals surface area (Å²) in [6.45, 7) is 6.04. The van der Waals surface area contributed by atoms with Gasteiger partial charge in [0.2, 0.25) is 0 Å². The number of hydrogen-bond acceptors (Lipinski definition) is 2. The van der Waals surface area contributed by atoms with Gasteiger partial charge in [0.1, 0.15) is 11.5 Å². The second-order valence-corrected chi connectivity index (χ2v) is 3.90. The first kappa shape index (κ1) is 12.9. The fourth-order valence-corrected chi connectivity index (χ4v) is 2.08. The average molecular weight is 241 g/mol. The van der Waals surface area contributed by atoms with Gasteiger partial charge in [0.05, 0.1) is 14.2 Å². The molecule has 0 aliphatic carbocycles. The van der Waals surface area contributed by atoms with Crippen LogP contribution in [0.3, 0.4) is 0 Å². The van der Waals surface area contributed by atoms with Gasteiger partial charge < -0.3 is 9.47 Å². The number of halogens is 1. The van der Waals surface area contributed by atoms with Gasteiger partial charge in [-0.3, -0.25) is 0 Å². The van der Waals surface area contributed by atoms with Crippen LogP contribution in [0.1, 0.15) is 22.3 Å². The maximum absolute atomic E-state index is 5.65. The van der Waals surface area contributed by atoms with Gasteiger partial charge >= 0.3 is 0 Å². The Morgan fingerprint density at radius 1 is 0.875 bits per heavy atom. The summed E-state index contributed by atoms with van der Waals surface area (Å²) in [4.78, 5) is 0. The molecular weight excluding hydrogens is 224 g/mol. The monoisotopic (exact) mass is 240 g/mol. The van der Waals surface area contributed by atoms with E-state index in [1.54, 1.807) is 14.2 Å². The number of rotatable bonds is 3. The molecule has 0 bridgehead atoms. The number of methoxy groups -OCH3 is 2. The van der Waals surface area contributed by atoms with Crippen molar-refractivity contribution in [1.82, 2.24) is 0 Å². The molecule has 0 aliphatic heterocycles. The van der Waals surface area contributed by atoms with Crippen molar-refractivity contribution >= 4 is 17.7 Å². The molecule has 1 rings (SSSR count). The first-order valence-corrected chi connectivity index (χ1v) is 5.50. The molecule has 16 heavy (non-hydrogen) atoms. The summed E-state index contributed by atoms with van der Waals surface area (Å²) in [6, 6.07) is 0. The predicted molar refractivity (Wildman–Crippen MR) is 68.6 cm³/mol. The molecule has 0 saturated carbocycles. The Labute approximate surface area is 102 Å². The van der Waals surface area contributed by atoms with E-state index in [2.05, 4.69) is 0 Å². The molecule has 0 aromatic heterocycles.